The van der Waals surface area contributed by atoms with E-state index >= 15 is 0 Å². The lowest BCUT2D eigenvalue weighted by Gasteiger charge is -2.10. The predicted octanol–water partition coefficient (Wildman–Crippen LogP) is 4.49. The maximum Gasteiger partial charge on any atom is 0.0761 e. The number of hydrogen-bond acceptors (Lipinski definition) is 2. The van der Waals surface area contributed by atoms with E-state index in [1.54, 1.807) is 0 Å². The molecule has 0 aliphatic heterocycles. The smallest absolute Gasteiger partial charge is 0.0761 e. The summed E-state index contributed by atoms with van der Waals surface area (Å²) in [7, 11) is 0. The van der Waals surface area contributed by atoms with Crippen LogP contribution in [0, 0.1) is 6.92 Å². The Balaban J connectivity index is 1.77. The molecule has 0 saturated carbocycles. The molecule has 3 heteroatoms. The highest BCUT2D eigenvalue weighted by Gasteiger charge is 2.05. The lowest BCUT2D eigenvalue weighted by atomic mass is 10.1. The van der Waals surface area contributed by atoms with Crippen molar-refractivity contribution in [3.05, 3.63) is 76.4 Å². The molecule has 3 rings (SSSR count). The van der Waals surface area contributed by atoms with Gasteiger partial charge in [-0.25, -0.2) is 0 Å². The third kappa shape index (κ3) is 3.07. The van der Waals surface area contributed by atoms with Crippen LogP contribution in [-0.4, -0.2) is 4.98 Å². The Hall–Kier alpha value is -1.90. The summed E-state index contributed by atoms with van der Waals surface area (Å²) in [5.41, 5.74) is 4.78. The Labute approximate surface area is 129 Å². The van der Waals surface area contributed by atoms with Crippen molar-refractivity contribution < 1.29 is 0 Å². The summed E-state index contributed by atoms with van der Waals surface area (Å²) in [6.07, 6.45) is 1.81. The minimum Gasteiger partial charge on any atom is -0.309 e. The summed E-state index contributed by atoms with van der Waals surface area (Å²) in [6.45, 7) is 3.76. The third-order valence-electron chi connectivity index (χ3n) is 3.69. The van der Waals surface area contributed by atoms with Crippen LogP contribution in [-0.2, 0) is 13.1 Å². The van der Waals surface area contributed by atoms with Gasteiger partial charge in [-0.1, -0.05) is 41.9 Å². The van der Waals surface area contributed by atoms with E-state index < -0.39 is 0 Å². The van der Waals surface area contributed by atoms with Gasteiger partial charge in [0, 0.05) is 29.7 Å². The highest BCUT2D eigenvalue weighted by Crippen LogP contribution is 2.24. The zero-order valence-electron chi connectivity index (χ0n) is 11.9. The molecule has 0 spiro atoms. The van der Waals surface area contributed by atoms with E-state index in [0.29, 0.717) is 0 Å². The zero-order chi connectivity index (χ0) is 14.7. The van der Waals surface area contributed by atoms with E-state index in [2.05, 4.69) is 41.5 Å². The molecule has 21 heavy (non-hydrogen) atoms. The molecular weight excluding hydrogens is 280 g/mol. The van der Waals surface area contributed by atoms with Crippen molar-refractivity contribution in [2.24, 2.45) is 0 Å². The lowest BCUT2D eigenvalue weighted by molar-refractivity contribution is 0.693. The number of nitrogens with zero attached hydrogens (tertiary/aromatic N) is 1. The highest BCUT2D eigenvalue weighted by atomic mass is 35.5. The van der Waals surface area contributed by atoms with Crippen molar-refractivity contribution in [1.29, 1.82) is 0 Å². The van der Waals surface area contributed by atoms with Gasteiger partial charge >= 0.3 is 0 Å². The molecule has 0 amide bonds. The number of benzene rings is 2. The van der Waals surface area contributed by atoms with Gasteiger partial charge < -0.3 is 5.32 Å². The summed E-state index contributed by atoms with van der Waals surface area (Å²) in [5, 5.41) is 5.25. The molecule has 2 aromatic carbocycles. The number of pyridine rings is 1. The summed E-state index contributed by atoms with van der Waals surface area (Å²) >= 11 is 6.22. The highest BCUT2D eigenvalue weighted by molar-refractivity contribution is 6.35. The van der Waals surface area contributed by atoms with E-state index in [1.807, 2.05) is 30.5 Å². The van der Waals surface area contributed by atoms with Gasteiger partial charge in [-0.3, -0.25) is 4.98 Å². The van der Waals surface area contributed by atoms with Crippen molar-refractivity contribution in [1.82, 2.24) is 10.3 Å². The van der Waals surface area contributed by atoms with E-state index in [0.717, 1.165) is 29.0 Å². The van der Waals surface area contributed by atoms with Crippen molar-refractivity contribution in [2.75, 3.05) is 0 Å². The van der Waals surface area contributed by atoms with E-state index in [1.165, 1.54) is 16.7 Å². The first-order valence-corrected chi connectivity index (χ1v) is 7.41. The fraction of sp³-hybridized carbons (Fsp3) is 0.167. The average molecular weight is 297 g/mol. The maximum atomic E-state index is 6.22. The fourth-order valence-corrected chi connectivity index (χ4v) is 2.69. The van der Waals surface area contributed by atoms with Crippen molar-refractivity contribution in [2.45, 2.75) is 20.0 Å². The molecule has 0 unspecified atom stereocenters. The van der Waals surface area contributed by atoms with Gasteiger partial charge in [0.05, 0.1) is 5.52 Å². The first-order chi connectivity index (χ1) is 10.3. The lowest BCUT2D eigenvalue weighted by Crippen LogP contribution is -2.14. The summed E-state index contributed by atoms with van der Waals surface area (Å²) < 4.78 is 0. The second-order valence-corrected chi connectivity index (χ2v) is 5.54. The number of aromatic nitrogens is 1. The van der Waals surface area contributed by atoms with E-state index in [4.69, 9.17) is 11.6 Å². The van der Waals surface area contributed by atoms with Gasteiger partial charge in [0.25, 0.3) is 0 Å². The van der Waals surface area contributed by atoms with Crippen LogP contribution in [0.5, 0.6) is 0 Å². The van der Waals surface area contributed by atoms with Crippen molar-refractivity contribution in [3.8, 4) is 0 Å². The van der Waals surface area contributed by atoms with Crippen LogP contribution >= 0.6 is 11.6 Å². The standard InChI is InChI=1S/C18H17ClN2/c1-13-5-2-3-6-14(13)11-20-12-15-8-9-17(19)16-7-4-10-21-18(15)16/h2-10,20H,11-12H2,1H3. The summed E-state index contributed by atoms with van der Waals surface area (Å²) in [6, 6.07) is 16.3. The van der Waals surface area contributed by atoms with Crippen LogP contribution in [0.15, 0.2) is 54.7 Å². The molecule has 1 aromatic heterocycles. The third-order valence-corrected chi connectivity index (χ3v) is 4.02. The second kappa shape index (κ2) is 6.25. The zero-order valence-corrected chi connectivity index (χ0v) is 12.7. The van der Waals surface area contributed by atoms with Crippen LogP contribution in [0.2, 0.25) is 5.02 Å². The number of rotatable bonds is 4. The van der Waals surface area contributed by atoms with Gasteiger partial charge in [0.1, 0.15) is 0 Å². The molecule has 0 aliphatic carbocycles. The molecular formula is C18H17ClN2. The number of nitrogens with one attached hydrogen (secondary N) is 1. The van der Waals surface area contributed by atoms with Gasteiger partial charge in [-0.05, 0) is 41.8 Å². The van der Waals surface area contributed by atoms with Gasteiger partial charge in [0.2, 0.25) is 0 Å². The molecule has 0 radical (unpaired) electrons. The van der Waals surface area contributed by atoms with E-state index in [9.17, 15) is 0 Å². The van der Waals surface area contributed by atoms with E-state index in [-0.39, 0.29) is 0 Å². The van der Waals surface area contributed by atoms with Gasteiger partial charge in [-0.2, -0.15) is 0 Å². The molecule has 2 nitrogen and oxygen atoms in total. The number of fused-ring (bicyclic) bond motifs is 1. The first kappa shape index (κ1) is 14.1. The molecule has 1 heterocycles. The molecule has 0 fully saturated rings. The number of aryl methyl sites for hydroxylation is 1. The Kier molecular flexibility index (Phi) is 4.18. The Morgan fingerprint density at radius 3 is 2.62 bits per heavy atom. The van der Waals surface area contributed by atoms with Crippen LogP contribution < -0.4 is 5.32 Å². The predicted molar refractivity (Wildman–Crippen MR) is 88.5 cm³/mol. The summed E-state index contributed by atoms with van der Waals surface area (Å²) in [5.74, 6) is 0. The Bertz CT molecular complexity index is 768. The van der Waals surface area contributed by atoms with Crippen LogP contribution in [0.3, 0.4) is 0 Å². The summed E-state index contributed by atoms with van der Waals surface area (Å²) in [4.78, 5) is 4.46. The SMILES string of the molecule is Cc1ccccc1CNCc1ccc(Cl)c2cccnc12. The molecule has 0 bridgehead atoms. The largest absolute Gasteiger partial charge is 0.309 e. The van der Waals surface area contributed by atoms with Crippen LogP contribution in [0.1, 0.15) is 16.7 Å². The molecule has 106 valence electrons. The Morgan fingerprint density at radius 2 is 1.76 bits per heavy atom. The molecule has 0 aliphatic rings. The topological polar surface area (TPSA) is 24.9 Å². The molecule has 3 aromatic rings. The normalized spacial score (nSPS) is 11.0. The quantitative estimate of drug-likeness (QED) is 0.767. The van der Waals surface area contributed by atoms with Crippen LogP contribution in [0.4, 0.5) is 0 Å². The minimum absolute atomic E-state index is 0.751. The molecule has 0 saturated heterocycles. The van der Waals surface area contributed by atoms with Gasteiger partial charge in [-0.15, -0.1) is 0 Å². The second-order valence-electron chi connectivity index (χ2n) is 5.14. The maximum absolute atomic E-state index is 6.22. The number of halogens is 1. The monoisotopic (exact) mass is 296 g/mol. The van der Waals surface area contributed by atoms with Crippen LogP contribution in [0.25, 0.3) is 10.9 Å². The molecule has 0 atom stereocenters. The fourth-order valence-electron chi connectivity index (χ4n) is 2.48. The van der Waals surface area contributed by atoms with Gasteiger partial charge in [0.15, 0.2) is 0 Å². The van der Waals surface area contributed by atoms with Crippen molar-refractivity contribution >= 4 is 22.5 Å². The molecule has 1 N–H and O–H groups in total. The first-order valence-electron chi connectivity index (χ1n) is 7.03. The Morgan fingerprint density at radius 1 is 0.952 bits per heavy atom. The average Bonchev–Trinajstić information content (AvgIpc) is 2.52. The van der Waals surface area contributed by atoms with Crippen molar-refractivity contribution in [3.63, 3.8) is 0 Å². The number of hydrogen-bond donors (Lipinski definition) is 1. The minimum atomic E-state index is 0.751.